The molecule has 0 unspecified atom stereocenters. The van der Waals surface area contributed by atoms with E-state index in [-0.39, 0.29) is 40.5 Å². The van der Waals surface area contributed by atoms with Crippen LogP contribution in [0.25, 0.3) is 0 Å². The average molecular weight is 642 g/mol. The van der Waals surface area contributed by atoms with Crippen LogP contribution in [0.3, 0.4) is 0 Å². The van der Waals surface area contributed by atoms with Crippen LogP contribution in [-0.2, 0) is 26.2 Å². The zero-order valence-corrected chi connectivity index (χ0v) is 27.9. The Kier molecular flexibility index (Phi) is 12.1. The van der Waals surface area contributed by atoms with E-state index in [0.29, 0.717) is 18.0 Å². The summed E-state index contributed by atoms with van der Waals surface area (Å²) in [4.78, 5) is 28.8. The number of anilines is 1. The molecular weight excluding hydrogens is 598 g/mol. The number of nitrogens with one attached hydrogen (secondary N) is 1. The molecule has 12 heteroatoms. The second-order valence-electron chi connectivity index (χ2n) is 10.9. The monoisotopic (exact) mass is 641 g/mol. The minimum Gasteiger partial charge on any atom is -0.497 e. The highest BCUT2D eigenvalue weighted by Gasteiger charge is 2.34. The maximum absolute atomic E-state index is 14.4. The van der Waals surface area contributed by atoms with Gasteiger partial charge in [-0.25, -0.2) is 8.42 Å². The van der Waals surface area contributed by atoms with Gasteiger partial charge in [-0.2, -0.15) is 0 Å². The summed E-state index contributed by atoms with van der Waals surface area (Å²) in [6, 6.07) is 15.5. The predicted molar refractivity (Wildman–Crippen MR) is 173 cm³/mol. The average Bonchev–Trinajstić information content (AvgIpc) is 3.03. The molecular formula is C33H43N3O8S. The molecule has 1 N–H and O–H groups in total. The Balaban J connectivity index is 2.16. The van der Waals surface area contributed by atoms with Gasteiger partial charge in [0.1, 0.15) is 24.1 Å². The first-order valence-corrected chi connectivity index (χ1v) is 15.9. The molecule has 0 aliphatic heterocycles. The zero-order chi connectivity index (χ0) is 33.3. The van der Waals surface area contributed by atoms with Crippen molar-refractivity contribution < 1.29 is 37.0 Å². The van der Waals surface area contributed by atoms with Gasteiger partial charge in [0.05, 0.1) is 39.0 Å². The molecule has 1 atom stereocenters. The van der Waals surface area contributed by atoms with Gasteiger partial charge in [-0.05, 0) is 49.6 Å². The Morgan fingerprint density at radius 1 is 0.822 bits per heavy atom. The summed E-state index contributed by atoms with van der Waals surface area (Å²) in [5, 5.41) is 2.89. The fourth-order valence-electron chi connectivity index (χ4n) is 4.65. The summed E-state index contributed by atoms with van der Waals surface area (Å²) in [5.41, 5.74) is 1.85. The van der Waals surface area contributed by atoms with Crippen molar-refractivity contribution >= 4 is 27.5 Å². The van der Waals surface area contributed by atoms with E-state index in [2.05, 4.69) is 5.32 Å². The number of aryl methyl sites for hydroxylation is 1. The van der Waals surface area contributed by atoms with Gasteiger partial charge in [-0.15, -0.1) is 0 Å². The second-order valence-corrected chi connectivity index (χ2v) is 12.8. The molecule has 0 spiro atoms. The summed E-state index contributed by atoms with van der Waals surface area (Å²) in [6.07, 6.45) is 0. The van der Waals surface area contributed by atoms with Gasteiger partial charge in [-0.3, -0.25) is 13.9 Å². The summed E-state index contributed by atoms with van der Waals surface area (Å²) >= 11 is 0. The van der Waals surface area contributed by atoms with Crippen LogP contribution in [0.5, 0.6) is 23.0 Å². The fourth-order valence-corrected chi connectivity index (χ4v) is 6.08. The standard InChI is InChI=1S/C33H43N3O8S/c1-22(2)19-34-33(38)24(4)35(20-25-11-9-10-23(3)16-25)32(37)21-36(28-17-26(41-5)12-14-29(28)42-6)45(39,40)27-13-15-30(43-7)31(18-27)44-8/h9-18,22,24H,19-21H2,1-8H3,(H,34,38)/t24-/m1/s1. The smallest absolute Gasteiger partial charge is 0.265 e. The van der Waals surface area contributed by atoms with Crippen molar-refractivity contribution in [2.24, 2.45) is 5.92 Å². The van der Waals surface area contributed by atoms with Crippen molar-refractivity contribution in [3.05, 3.63) is 71.8 Å². The van der Waals surface area contributed by atoms with E-state index in [1.165, 1.54) is 57.6 Å². The topological polar surface area (TPSA) is 124 Å². The molecule has 11 nitrogen and oxygen atoms in total. The van der Waals surface area contributed by atoms with Crippen molar-refractivity contribution in [1.29, 1.82) is 0 Å². The number of methoxy groups -OCH3 is 4. The predicted octanol–water partition coefficient (Wildman–Crippen LogP) is 4.41. The third kappa shape index (κ3) is 8.59. The summed E-state index contributed by atoms with van der Waals surface area (Å²) in [5.74, 6) is 0.326. The first-order chi connectivity index (χ1) is 21.4. The molecule has 0 fully saturated rings. The van der Waals surface area contributed by atoms with E-state index in [9.17, 15) is 18.0 Å². The molecule has 244 valence electrons. The summed E-state index contributed by atoms with van der Waals surface area (Å²) in [7, 11) is 1.26. The van der Waals surface area contributed by atoms with E-state index in [4.69, 9.17) is 18.9 Å². The van der Waals surface area contributed by atoms with E-state index < -0.39 is 28.5 Å². The minimum absolute atomic E-state index is 0.0763. The quantitative estimate of drug-likeness (QED) is 0.259. The Labute approximate surface area is 266 Å². The lowest BCUT2D eigenvalue weighted by atomic mass is 10.1. The third-order valence-electron chi connectivity index (χ3n) is 7.16. The molecule has 3 rings (SSSR count). The van der Waals surface area contributed by atoms with Gasteiger partial charge < -0.3 is 29.2 Å². The SMILES string of the molecule is COc1ccc(OC)c(N(CC(=O)N(Cc2cccc(C)c2)[C@H](C)C(=O)NCC(C)C)S(=O)(=O)c2ccc(OC)c(OC)c2)c1. The normalized spacial score (nSPS) is 11.8. The highest BCUT2D eigenvalue weighted by atomic mass is 32.2. The lowest BCUT2D eigenvalue weighted by Gasteiger charge is -2.32. The van der Waals surface area contributed by atoms with Gasteiger partial charge in [0.15, 0.2) is 11.5 Å². The molecule has 45 heavy (non-hydrogen) atoms. The summed E-state index contributed by atoms with van der Waals surface area (Å²) in [6.45, 7) is 7.36. The van der Waals surface area contributed by atoms with Crippen LogP contribution < -0.4 is 28.6 Å². The molecule has 0 saturated heterocycles. The van der Waals surface area contributed by atoms with Crippen LogP contribution in [0.2, 0.25) is 0 Å². The molecule has 0 aliphatic carbocycles. The first-order valence-electron chi connectivity index (χ1n) is 14.5. The van der Waals surface area contributed by atoms with Gasteiger partial charge in [0.25, 0.3) is 10.0 Å². The number of benzene rings is 3. The van der Waals surface area contributed by atoms with Crippen LogP contribution in [-0.4, -0.2) is 72.7 Å². The highest BCUT2D eigenvalue weighted by Crippen LogP contribution is 2.37. The maximum atomic E-state index is 14.4. The molecule has 3 aromatic carbocycles. The highest BCUT2D eigenvalue weighted by molar-refractivity contribution is 7.92. The van der Waals surface area contributed by atoms with Crippen molar-refractivity contribution in [3.63, 3.8) is 0 Å². The summed E-state index contributed by atoms with van der Waals surface area (Å²) < 4.78 is 51.3. The van der Waals surface area contributed by atoms with E-state index in [0.717, 1.165) is 15.4 Å². The zero-order valence-electron chi connectivity index (χ0n) is 27.1. The Bertz CT molecular complexity index is 1590. The van der Waals surface area contributed by atoms with Crippen molar-refractivity contribution in [1.82, 2.24) is 10.2 Å². The Morgan fingerprint density at radius 2 is 1.49 bits per heavy atom. The number of sulfonamides is 1. The fraction of sp³-hybridized carbons (Fsp3) is 0.394. The number of nitrogens with zero attached hydrogens (tertiary/aromatic N) is 2. The van der Waals surface area contributed by atoms with Crippen LogP contribution >= 0.6 is 0 Å². The first kappa shape index (κ1) is 35.0. The lowest BCUT2D eigenvalue weighted by molar-refractivity contribution is -0.139. The van der Waals surface area contributed by atoms with Gasteiger partial charge >= 0.3 is 0 Å². The van der Waals surface area contributed by atoms with Crippen LogP contribution in [0.4, 0.5) is 5.69 Å². The van der Waals surface area contributed by atoms with Crippen molar-refractivity contribution in [3.8, 4) is 23.0 Å². The maximum Gasteiger partial charge on any atom is 0.265 e. The molecule has 0 heterocycles. The molecule has 0 radical (unpaired) electrons. The van der Waals surface area contributed by atoms with Crippen LogP contribution in [0.15, 0.2) is 65.6 Å². The van der Waals surface area contributed by atoms with Gasteiger partial charge in [0, 0.05) is 25.2 Å². The van der Waals surface area contributed by atoms with Crippen LogP contribution in [0.1, 0.15) is 31.9 Å². The number of hydrogen-bond acceptors (Lipinski definition) is 8. The number of rotatable bonds is 15. The second kappa shape index (κ2) is 15.5. The Morgan fingerprint density at radius 3 is 2.09 bits per heavy atom. The van der Waals surface area contributed by atoms with Crippen molar-refractivity contribution in [2.75, 3.05) is 45.8 Å². The largest absolute Gasteiger partial charge is 0.497 e. The molecule has 0 aromatic heterocycles. The number of amides is 2. The third-order valence-corrected chi connectivity index (χ3v) is 8.92. The van der Waals surface area contributed by atoms with Gasteiger partial charge in [0.2, 0.25) is 11.8 Å². The lowest BCUT2D eigenvalue weighted by Crippen LogP contribution is -2.51. The minimum atomic E-state index is -4.43. The molecule has 0 saturated carbocycles. The van der Waals surface area contributed by atoms with Crippen LogP contribution in [0, 0.1) is 12.8 Å². The number of carbonyl (C=O) groups is 2. The number of hydrogen-bond donors (Lipinski definition) is 1. The molecule has 3 aromatic rings. The van der Waals surface area contributed by atoms with Crippen molar-refractivity contribution in [2.45, 2.75) is 45.2 Å². The van der Waals surface area contributed by atoms with E-state index >= 15 is 0 Å². The Hall–Kier alpha value is -4.45. The molecule has 2 amide bonds. The number of carbonyl (C=O) groups excluding carboxylic acids is 2. The van der Waals surface area contributed by atoms with E-state index in [1.807, 2.05) is 45.0 Å². The molecule has 0 aliphatic rings. The number of ether oxygens (including phenoxy) is 4. The van der Waals surface area contributed by atoms with E-state index in [1.54, 1.807) is 19.1 Å². The van der Waals surface area contributed by atoms with Gasteiger partial charge in [-0.1, -0.05) is 43.7 Å². The molecule has 0 bridgehead atoms.